The first kappa shape index (κ1) is 12.9. The third kappa shape index (κ3) is 3.01. The van der Waals surface area contributed by atoms with E-state index in [-0.39, 0.29) is 0 Å². The van der Waals surface area contributed by atoms with Gasteiger partial charge in [-0.2, -0.15) is 0 Å². The van der Waals surface area contributed by atoms with Gasteiger partial charge in [0, 0.05) is 19.5 Å². The van der Waals surface area contributed by atoms with Crippen LogP contribution in [0.4, 0.5) is 5.82 Å². The van der Waals surface area contributed by atoms with Gasteiger partial charge in [0.2, 0.25) is 0 Å². The second-order valence-electron chi connectivity index (χ2n) is 4.19. The van der Waals surface area contributed by atoms with Crippen LogP contribution >= 0.6 is 11.6 Å². The van der Waals surface area contributed by atoms with Crippen molar-refractivity contribution in [1.82, 2.24) is 9.97 Å². The number of anilines is 1. The van der Waals surface area contributed by atoms with E-state index in [1.54, 1.807) is 6.07 Å². The molecule has 2 heterocycles. The zero-order valence-electron chi connectivity index (χ0n) is 10.8. The molecule has 0 aliphatic heterocycles. The van der Waals surface area contributed by atoms with Gasteiger partial charge in [0.05, 0.1) is 6.54 Å². The molecule has 0 fully saturated rings. The molecular weight excluding hydrogens is 250 g/mol. The van der Waals surface area contributed by atoms with Crippen LogP contribution in [-0.4, -0.2) is 17.0 Å². The monoisotopic (exact) mass is 265 g/mol. The van der Waals surface area contributed by atoms with E-state index >= 15 is 0 Å². The van der Waals surface area contributed by atoms with Crippen molar-refractivity contribution in [3.05, 3.63) is 40.7 Å². The van der Waals surface area contributed by atoms with Crippen molar-refractivity contribution in [1.29, 1.82) is 0 Å². The molecule has 0 amide bonds. The fourth-order valence-electron chi connectivity index (χ4n) is 1.69. The summed E-state index contributed by atoms with van der Waals surface area (Å²) in [5, 5.41) is 0.472. The SMILES string of the molecule is CCc1nc(Cl)cc(N(C)Cc2ccc(C)o2)n1. The fourth-order valence-corrected chi connectivity index (χ4v) is 1.89. The Bertz CT molecular complexity index is 539. The van der Waals surface area contributed by atoms with E-state index in [1.165, 1.54) is 0 Å². The molecule has 0 aliphatic carbocycles. The molecule has 0 atom stereocenters. The van der Waals surface area contributed by atoms with E-state index in [0.717, 1.165) is 29.6 Å². The van der Waals surface area contributed by atoms with Crippen LogP contribution < -0.4 is 4.90 Å². The van der Waals surface area contributed by atoms with Crippen molar-refractivity contribution in [3.8, 4) is 0 Å². The molecule has 0 saturated heterocycles. The first-order valence-electron chi connectivity index (χ1n) is 5.88. The minimum atomic E-state index is 0.472. The minimum absolute atomic E-state index is 0.472. The predicted molar refractivity (Wildman–Crippen MR) is 72.0 cm³/mol. The van der Waals surface area contributed by atoms with Crippen LogP contribution in [0.3, 0.4) is 0 Å². The molecule has 2 aromatic heterocycles. The van der Waals surface area contributed by atoms with Gasteiger partial charge in [-0.05, 0) is 19.1 Å². The van der Waals surface area contributed by atoms with Crippen molar-refractivity contribution >= 4 is 17.4 Å². The molecule has 0 aliphatic rings. The number of aromatic nitrogens is 2. The van der Waals surface area contributed by atoms with Crippen molar-refractivity contribution in [2.75, 3.05) is 11.9 Å². The third-order valence-corrected chi connectivity index (χ3v) is 2.82. The maximum atomic E-state index is 5.98. The normalized spacial score (nSPS) is 10.7. The van der Waals surface area contributed by atoms with Crippen molar-refractivity contribution in [2.24, 2.45) is 0 Å². The molecule has 96 valence electrons. The van der Waals surface area contributed by atoms with Crippen LogP contribution in [0.15, 0.2) is 22.6 Å². The molecule has 0 bridgehead atoms. The highest BCUT2D eigenvalue weighted by Gasteiger charge is 2.09. The van der Waals surface area contributed by atoms with Crippen LogP contribution in [0.2, 0.25) is 5.15 Å². The topological polar surface area (TPSA) is 42.2 Å². The number of aryl methyl sites for hydroxylation is 2. The summed E-state index contributed by atoms with van der Waals surface area (Å²) < 4.78 is 5.54. The van der Waals surface area contributed by atoms with Crippen molar-refractivity contribution in [2.45, 2.75) is 26.8 Å². The van der Waals surface area contributed by atoms with Gasteiger partial charge in [0.1, 0.15) is 28.3 Å². The summed E-state index contributed by atoms with van der Waals surface area (Å²) in [5.41, 5.74) is 0. The molecule has 0 aromatic carbocycles. The number of hydrogen-bond acceptors (Lipinski definition) is 4. The molecule has 0 radical (unpaired) electrons. The fraction of sp³-hybridized carbons (Fsp3) is 0.385. The van der Waals surface area contributed by atoms with Crippen LogP contribution in [0.1, 0.15) is 24.3 Å². The van der Waals surface area contributed by atoms with Gasteiger partial charge < -0.3 is 9.32 Å². The van der Waals surface area contributed by atoms with Gasteiger partial charge in [-0.1, -0.05) is 18.5 Å². The lowest BCUT2D eigenvalue weighted by atomic mass is 10.4. The van der Waals surface area contributed by atoms with E-state index in [2.05, 4.69) is 9.97 Å². The lowest BCUT2D eigenvalue weighted by Gasteiger charge is -2.17. The van der Waals surface area contributed by atoms with Crippen LogP contribution in [-0.2, 0) is 13.0 Å². The number of halogens is 1. The van der Waals surface area contributed by atoms with E-state index < -0.39 is 0 Å². The zero-order chi connectivity index (χ0) is 13.1. The lowest BCUT2D eigenvalue weighted by Crippen LogP contribution is -2.18. The zero-order valence-corrected chi connectivity index (χ0v) is 11.5. The first-order valence-corrected chi connectivity index (χ1v) is 6.26. The number of hydrogen-bond donors (Lipinski definition) is 0. The third-order valence-electron chi connectivity index (χ3n) is 2.62. The average molecular weight is 266 g/mol. The Hall–Kier alpha value is -1.55. The molecule has 0 saturated carbocycles. The number of furan rings is 1. The van der Waals surface area contributed by atoms with Crippen LogP contribution in [0.25, 0.3) is 0 Å². The Balaban J connectivity index is 2.17. The Kier molecular flexibility index (Phi) is 3.87. The van der Waals surface area contributed by atoms with E-state index in [9.17, 15) is 0 Å². The first-order chi connectivity index (χ1) is 8.58. The highest BCUT2D eigenvalue weighted by atomic mass is 35.5. The smallest absolute Gasteiger partial charge is 0.134 e. The summed E-state index contributed by atoms with van der Waals surface area (Å²) in [6.07, 6.45) is 0.765. The molecule has 18 heavy (non-hydrogen) atoms. The summed E-state index contributed by atoms with van der Waals surface area (Å²) in [7, 11) is 1.95. The summed E-state index contributed by atoms with van der Waals surface area (Å²) in [6.45, 7) is 4.59. The summed E-state index contributed by atoms with van der Waals surface area (Å²) in [5.74, 6) is 3.37. The predicted octanol–water partition coefficient (Wildman–Crippen LogP) is 3.23. The average Bonchev–Trinajstić information content (AvgIpc) is 2.73. The largest absolute Gasteiger partial charge is 0.464 e. The number of nitrogens with zero attached hydrogens (tertiary/aromatic N) is 3. The quantitative estimate of drug-likeness (QED) is 0.796. The Morgan fingerprint density at radius 3 is 2.72 bits per heavy atom. The highest BCUT2D eigenvalue weighted by Crippen LogP contribution is 2.18. The van der Waals surface area contributed by atoms with E-state index in [1.807, 2.05) is 37.9 Å². The molecular formula is C13H16ClN3O. The summed E-state index contributed by atoms with van der Waals surface area (Å²) in [6, 6.07) is 5.68. The Labute approximate surface area is 112 Å². The second kappa shape index (κ2) is 5.40. The molecule has 4 nitrogen and oxygen atoms in total. The Morgan fingerprint density at radius 1 is 1.33 bits per heavy atom. The van der Waals surface area contributed by atoms with Gasteiger partial charge in [0.25, 0.3) is 0 Å². The highest BCUT2D eigenvalue weighted by molar-refractivity contribution is 6.29. The molecule has 0 unspecified atom stereocenters. The minimum Gasteiger partial charge on any atom is -0.464 e. The summed E-state index contributed by atoms with van der Waals surface area (Å²) >= 11 is 5.98. The standard InChI is InChI=1S/C13H16ClN3O/c1-4-12-15-11(14)7-13(16-12)17(3)8-10-6-5-9(2)18-10/h5-7H,4,8H2,1-3H3. The van der Waals surface area contributed by atoms with Gasteiger partial charge >= 0.3 is 0 Å². The maximum absolute atomic E-state index is 5.98. The number of rotatable bonds is 4. The maximum Gasteiger partial charge on any atom is 0.134 e. The van der Waals surface area contributed by atoms with E-state index in [0.29, 0.717) is 11.7 Å². The van der Waals surface area contributed by atoms with Crippen LogP contribution in [0, 0.1) is 6.92 Å². The summed E-state index contributed by atoms with van der Waals surface area (Å²) in [4.78, 5) is 10.6. The molecule has 0 spiro atoms. The van der Waals surface area contributed by atoms with Gasteiger partial charge in [-0.15, -0.1) is 0 Å². The molecule has 5 heteroatoms. The van der Waals surface area contributed by atoms with E-state index in [4.69, 9.17) is 16.0 Å². The lowest BCUT2D eigenvalue weighted by molar-refractivity contribution is 0.481. The van der Waals surface area contributed by atoms with Gasteiger partial charge in [-0.3, -0.25) is 0 Å². The van der Waals surface area contributed by atoms with Gasteiger partial charge in [0.15, 0.2) is 0 Å². The van der Waals surface area contributed by atoms with Gasteiger partial charge in [-0.25, -0.2) is 9.97 Å². The second-order valence-corrected chi connectivity index (χ2v) is 4.57. The molecule has 2 aromatic rings. The molecule has 2 rings (SSSR count). The van der Waals surface area contributed by atoms with Crippen LogP contribution in [0.5, 0.6) is 0 Å². The van der Waals surface area contributed by atoms with Crippen molar-refractivity contribution < 1.29 is 4.42 Å². The van der Waals surface area contributed by atoms with Crippen molar-refractivity contribution in [3.63, 3.8) is 0 Å². The Morgan fingerprint density at radius 2 is 2.11 bits per heavy atom. The molecule has 0 N–H and O–H groups in total.